The van der Waals surface area contributed by atoms with Gasteiger partial charge in [-0.15, -0.1) is 0 Å². The van der Waals surface area contributed by atoms with Crippen molar-refractivity contribution in [3.63, 3.8) is 0 Å². The number of halogens is 2. The van der Waals surface area contributed by atoms with Crippen LogP contribution in [0.1, 0.15) is 0 Å². The Kier molecular flexibility index (Phi) is 6.64. The lowest BCUT2D eigenvalue weighted by molar-refractivity contribution is -0.118. The highest BCUT2D eigenvalue weighted by atomic mass is 35.5. The van der Waals surface area contributed by atoms with Gasteiger partial charge in [0, 0.05) is 5.02 Å². The second-order valence-corrected chi connectivity index (χ2v) is 8.40. The average Bonchev–Trinajstić information content (AvgIpc) is 2.69. The maximum Gasteiger partial charge on any atom is 0.262 e. The Labute approximate surface area is 178 Å². The number of hydrogen-bond donors (Lipinski definition) is 2. The molecule has 29 heavy (non-hydrogen) atoms. The number of ether oxygens (including phenoxy) is 1. The highest BCUT2D eigenvalue weighted by molar-refractivity contribution is 7.92. The number of rotatable bonds is 7. The van der Waals surface area contributed by atoms with Gasteiger partial charge in [0.15, 0.2) is 6.61 Å². The van der Waals surface area contributed by atoms with Gasteiger partial charge in [0.25, 0.3) is 15.9 Å². The molecule has 0 heterocycles. The maximum atomic E-state index is 12.5. The molecule has 0 aliphatic carbocycles. The summed E-state index contributed by atoms with van der Waals surface area (Å²) in [6.07, 6.45) is 0. The topological polar surface area (TPSA) is 84.5 Å². The van der Waals surface area contributed by atoms with Gasteiger partial charge in [0.1, 0.15) is 5.75 Å². The number of sulfonamides is 1. The quantitative estimate of drug-likeness (QED) is 0.540. The van der Waals surface area contributed by atoms with Crippen LogP contribution in [0.15, 0.2) is 77.7 Å². The van der Waals surface area contributed by atoms with Gasteiger partial charge in [-0.25, -0.2) is 8.42 Å². The van der Waals surface area contributed by atoms with E-state index in [9.17, 15) is 13.2 Å². The summed E-state index contributed by atoms with van der Waals surface area (Å²) >= 11 is 11.8. The van der Waals surface area contributed by atoms with Crippen LogP contribution in [0.2, 0.25) is 10.0 Å². The molecule has 0 aliphatic heterocycles. The van der Waals surface area contributed by atoms with E-state index in [-0.39, 0.29) is 22.2 Å². The zero-order chi connectivity index (χ0) is 20.9. The van der Waals surface area contributed by atoms with E-state index in [1.165, 1.54) is 18.2 Å². The molecule has 0 bridgehead atoms. The van der Waals surface area contributed by atoms with Crippen LogP contribution >= 0.6 is 23.2 Å². The summed E-state index contributed by atoms with van der Waals surface area (Å²) in [6.45, 7) is -0.318. The molecule has 3 rings (SSSR count). The van der Waals surface area contributed by atoms with Gasteiger partial charge in [-0.2, -0.15) is 0 Å². The summed E-state index contributed by atoms with van der Waals surface area (Å²) in [5.74, 6) is -0.174. The Morgan fingerprint density at radius 3 is 2.24 bits per heavy atom. The second-order valence-electron chi connectivity index (χ2n) is 5.88. The summed E-state index contributed by atoms with van der Waals surface area (Å²) in [5, 5.41) is 3.36. The van der Waals surface area contributed by atoms with Gasteiger partial charge in [-0.05, 0) is 42.5 Å². The Hall–Kier alpha value is -2.74. The standard InChI is InChI=1S/C20H16Cl2N2O4S/c21-14-10-11-19(16(22)12-14)28-13-20(25)23-17-8-4-5-9-18(17)24-29(26,27)15-6-2-1-3-7-15/h1-12,24H,13H2,(H,23,25). The third kappa shape index (κ3) is 5.63. The third-order valence-electron chi connectivity index (χ3n) is 3.75. The zero-order valence-electron chi connectivity index (χ0n) is 14.9. The number of hydrogen-bond acceptors (Lipinski definition) is 4. The van der Waals surface area contributed by atoms with Crippen molar-refractivity contribution in [3.05, 3.63) is 82.8 Å². The molecule has 9 heteroatoms. The lowest BCUT2D eigenvalue weighted by Gasteiger charge is -2.14. The Morgan fingerprint density at radius 1 is 0.897 bits per heavy atom. The predicted octanol–water partition coefficient (Wildman–Crippen LogP) is 4.81. The van der Waals surface area contributed by atoms with Crippen LogP contribution < -0.4 is 14.8 Å². The largest absolute Gasteiger partial charge is 0.482 e. The van der Waals surface area contributed by atoms with Crippen molar-refractivity contribution < 1.29 is 17.9 Å². The fourth-order valence-electron chi connectivity index (χ4n) is 2.41. The minimum absolute atomic E-state index is 0.113. The molecule has 2 N–H and O–H groups in total. The minimum Gasteiger partial charge on any atom is -0.482 e. The first kappa shape index (κ1) is 21.0. The lowest BCUT2D eigenvalue weighted by Crippen LogP contribution is -2.22. The molecule has 0 radical (unpaired) electrons. The van der Waals surface area contributed by atoms with Crippen LogP contribution in [0.4, 0.5) is 11.4 Å². The highest BCUT2D eigenvalue weighted by Gasteiger charge is 2.16. The van der Waals surface area contributed by atoms with Gasteiger partial charge in [-0.3, -0.25) is 9.52 Å². The minimum atomic E-state index is -3.80. The molecule has 6 nitrogen and oxygen atoms in total. The van der Waals surface area contributed by atoms with Crippen molar-refractivity contribution in [2.45, 2.75) is 4.90 Å². The predicted molar refractivity (Wildman–Crippen MR) is 114 cm³/mol. The van der Waals surface area contributed by atoms with Crippen LogP contribution in [0.3, 0.4) is 0 Å². The Balaban J connectivity index is 1.69. The molecule has 3 aromatic carbocycles. The fraction of sp³-hybridized carbons (Fsp3) is 0.0500. The van der Waals surface area contributed by atoms with Crippen LogP contribution in [0, 0.1) is 0 Å². The van der Waals surface area contributed by atoms with Crippen molar-refractivity contribution in [2.75, 3.05) is 16.6 Å². The van der Waals surface area contributed by atoms with Gasteiger partial charge in [-0.1, -0.05) is 53.5 Å². The van der Waals surface area contributed by atoms with Crippen LogP contribution in [0.5, 0.6) is 5.75 Å². The third-order valence-corrected chi connectivity index (χ3v) is 5.66. The number of nitrogens with one attached hydrogen (secondary N) is 2. The van der Waals surface area contributed by atoms with E-state index in [1.807, 2.05) is 0 Å². The summed E-state index contributed by atoms with van der Waals surface area (Å²) in [7, 11) is -3.80. The normalized spacial score (nSPS) is 11.0. The van der Waals surface area contributed by atoms with Crippen molar-refractivity contribution in [1.29, 1.82) is 0 Å². The lowest BCUT2D eigenvalue weighted by atomic mass is 10.2. The first-order chi connectivity index (χ1) is 13.8. The van der Waals surface area contributed by atoms with E-state index in [0.717, 1.165) is 0 Å². The summed E-state index contributed by atoms with van der Waals surface area (Å²) in [5.41, 5.74) is 0.525. The first-order valence-electron chi connectivity index (χ1n) is 8.40. The summed E-state index contributed by atoms with van der Waals surface area (Å²) in [6, 6.07) is 19.0. The SMILES string of the molecule is O=C(COc1ccc(Cl)cc1Cl)Nc1ccccc1NS(=O)(=O)c1ccccc1. The number of para-hydroxylation sites is 2. The Morgan fingerprint density at radius 2 is 1.55 bits per heavy atom. The monoisotopic (exact) mass is 450 g/mol. The number of anilines is 2. The van der Waals surface area contributed by atoms with E-state index < -0.39 is 15.9 Å². The van der Waals surface area contributed by atoms with Crippen molar-refractivity contribution in [1.82, 2.24) is 0 Å². The van der Waals surface area contributed by atoms with E-state index in [0.29, 0.717) is 16.5 Å². The Bertz CT molecular complexity index is 1120. The maximum absolute atomic E-state index is 12.5. The van der Waals surface area contributed by atoms with Crippen molar-refractivity contribution in [2.24, 2.45) is 0 Å². The summed E-state index contributed by atoms with van der Waals surface area (Å²) in [4.78, 5) is 12.4. The van der Waals surface area contributed by atoms with Crippen LogP contribution in [0.25, 0.3) is 0 Å². The second kappa shape index (κ2) is 9.17. The van der Waals surface area contributed by atoms with Gasteiger partial charge in [0.05, 0.1) is 21.3 Å². The molecule has 0 aromatic heterocycles. The molecule has 0 aliphatic rings. The molecule has 0 saturated carbocycles. The molecule has 0 fully saturated rings. The molecule has 0 saturated heterocycles. The van der Waals surface area contributed by atoms with Crippen molar-refractivity contribution in [3.8, 4) is 5.75 Å². The number of carbonyl (C=O) groups excluding carboxylic acids is 1. The van der Waals surface area contributed by atoms with Crippen LogP contribution in [-0.4, -0.2) is 20.9 Å². The zero-order valence-corrected chi connectivity index (χ0v) is 17.3. The van der Waals surface area contributed by atoms with Gasteiger partial charge < -0.3 is 10.1 Å². The van der Waals surface area contributed by atoms with E-state index in [1.54, 1.807) is 54.6 Å². The van der Waals surface area contributed by atoms with E-state index in [2.05, 4.69) is 10.0 Å². The molecular weight excluding hydrogens is 435 g/mol. The molecule has 1 amide bonds. The average molecular weight is 451 g/mol. The number of carbonyl (C=O) groups is 1. The molecule has 0 spiro atoms. The highest BCUT2D eigenvalue weighted by Crippen LogP contribution is 2.28. The van der Waals surface area contributed by atoms with E-state index >= 15 is 0 Å². The molecule has 150 valence electrons. The van der Waals surface area contributed by atoms with Crippen LogP contribution in [-0.2, 0) is 14.8 Å². The smallest absolute Gasteiger partial charge is 0.262 e. The van der Waals surface area contributed by atoms with Gasteiger partial charge >= 0.3 is 0 Å². The molecule has 0 unspecified atom stereocenters. The summed E-state index contributed by atoms with van der Waals surface area (Å²) < 4.78 is 33.0. The molecule has 3 aromatic rings. The molecule has 0 atom stereocenters. The van der Waals surface area contributed by atoms with E-state index in [4.69, 9.17) is 27.9 Å². The fourth-order valence-corrected chi connectivity index (χ4v) is 3.97. The number of benzene rings is 3. The first-order valence-corrected chi connectivity index (χ1v) is 10.6. The van der Waals surface area contributed by atoms with Crippen molar-refractivity contribution >= 4 is 50.5 Å². The van der Waals surface area contributed by atoms with Gasteiger partial charge in [0.2, 0.25) is 0 Å². The molecular formula is C20H16Cl2N2O4S. The number of amides is 1.